The number of nitrogens with zero attached hydrogens (tertiary/aromatic N) is 1. The van der Waals surface area contributed by atoms with Gasteiger partial charge in [0.25, 0.3) is 5.91 Å². The van der Waals surface area contributed by atoms with E-state index in [1.807, 2.05) is 49.4 Å². The first-order valence-corrected chi connectivity index (χ1v) is 8.79. The molecule has 0 fully saturated rings. The molecule has 0 atom stereocenters. The summed E-state index contributed by atoms with van der Waals surface area (Å²) in [6.45, 7) is 8.38. The van der Waals surface area contributed by atoms with Crippen LogP contribution in [0.4, 0.5) is 0 Å². The van der Waals surface area contributed by atoms with E-state index in [4.69, 9.17) is 14.2 Å². The van der Waals surface area contributed by atoms with Crippen LogP contribution in [0.1, 0.15) is 38.8 Å². The minimum atomic E-state index is -0.324. The number of rotatable bonds is 5. The first-order chi connectivity index (χ1) is 12.8. The molecule has 3 rings (SSSR count). The Labute approximate surface area is 159 Å². The zero-order valence-corrected chi connectivity index (χ0v) is 16.0. The Morgan fingerprint density at radius 1 is 1.11 bits per heavy atom. The Kier molecular flexibility index (Phi) is 5.35. The van der Waals surface area contributed by atoms with Crippen LogP contribution in [0.2, 0.25) is 0 Å². The molecule has 1 N–H and O–H groups in total. The lowest BCUT2D eigenvalue weighted by atomic mass is 9.87. The molecule has 1 heterocycles. The van der Waals surface area contributed by atoms with E-state index < -0.39 is 0 Å². The van der Waals surface area contributed by atoms with Gasteiger partial charge in [0.05, 0.1) is 5.71 Å². The average Bonchev–Trinajstić information content (AvgIpc) is 3.11. The first-order valence-electron chi connectivity index (χ1n) is 8.79. The van der Waals surface area contributed by atoms with Crippen LogP contribution in [-0.2, 0) is 10.2 Å². The van der Waals surface area contributed by atoms with Gasteiger partial charge in [0, 0.05) is 5.56 Å². The number of hydrogen-bond acceptors (Lipinski definition) is 5. The molecule has 6 heteroatoms. The average molecular weight is 368 g/mol. The maximum Gasteiger partial charge on any atom is 0.277 e. The maximum absolute atomic E-state index is 12.0. The smallest absolute Gasteiger partial charge is 0.277 e. The molecule has 0 unspecified atom stereocenters. The number of benzene rings is 2. The number of hydrogen-bond donors (Lipinski definition) is 1. The number of hydrazone groups is 1. The molecule has 2 aromatic carbocycles. The van der Waals surface area contributed by atoms with Gasteiger partial charge in [-0.2, -0.15) is 5.10 Å². The maximum atomic E-state index is 12.0. The lowest BCUT2D eigenvalue weighted by Gasteiger charge is -2.19. The standard InChI is InChI=1S/C21H24N2O4/c1-14(15-5-10-18-19(11-15)27-13-26-18)22-23-20(24)12-25-17-8-6-16(7-9-17)21(2,3)4/h5-11H,12-13H2,1-4H3,(H,23,24). The van der Waals surface area contributed by atoms with E-state index in [2.05, 4.69) is 31.3 Å². The highest BCUT2D eigenvalue weighted by Crippen LogP contribution is 2.32. The summed E-state index contributed by atoms with van der Waals surface area (Å²) >= 11 is 0. The molecule has 1 aliphatic rings. The van der Waals surface area contributed by atoms with Crippen LogP contribution in [0, 0.1) is 0 Å². The normalized spacial score (nSPS) is 13.4. The Bertz CT molecular complexity index is 851. The van der Waals surface area contributed by atoms with Crippen molar-refractivity contribution in [3.05, 3.63) is 53.6 Å². The molecule has 0 saturated heterocycles. The molecule has 0 aromatic heterocycles. The van der Waals surface area contributed by atoms with Crippen molar-refractivity contribution in [3.63, 3.8) is 0 Å². The van der Waals surface area contributed by atoms with Gasteiger partial charge in [0.2, 0.25) is 6.79 Å². The topological polar surface area (TPSA) is 69.2 Å². The van der Waals surface area contributed by atoms with Gasteiger partial charge < -0.3 is 14.2 Å². The van der Waals surface area contributed by atoms with Gasteiger partial charge in [-0.3, -0.25) is 4.79 Å². The summed E-state index contributed by atoms with van der Waals surface area (Å²) in [6.07, 6.45) is 0. The van der Waals surface area contributed by atoms with Crippen molar-refractivity contribution < 1.29 is 19.0 Å². The molecule has 0 bridgehead atoms. The SMILES string of the molecule is CC(=NNC(=O)COc1ccc(C(C)(C)C)cc1)c1ccc2c(c1)OCO2. The molecule has 1 aliphatic heterocycles. The van der Waals surface area contributed by atoms with E-state index in [1.54, 1.807) is 0 Å². The van der Waals surface area contributed by atoms with Crippen molar-refractivity contribution in [1.82, 2.24) is 5.43 Å². The number of fused-ring (bicyclic) bond motifs is 1. The molecular formula is C21H24N2O4. The van der Waals surface area contributed by atoms with Crippen LogP contribution in [0.15, 0.2) is 47.6 Å². The molecule has 0 aliphatic carbocycles. The fourth-order valence-electron chi connectivity index (χ4n) is 2.56. The van der Waals surface area contributed by atoms with Crippen LogP contribution in [-0.4, -0.2) is 25.0 Å². The lowest BCUT2D eigenvalue weighted by molar-refractivity contribution is -0.123. The van der Waals surface area contributed by atoms with Crippen molar-refractivity contribution in [2.45, 2.75) is 33.1 Å². The first kappa shape index (κ1) is 18.8. The largest absolute Gasteiger partial charge is 0.484 e. The molecule has 1 amide bonds. The zero-order chi connectivity index (χ0) is 19.4. The summed E-state index contributed by atoms with van der Waals surface area (Å²) in [5.41, 5.74) is 5.31. The van der Waals surface area contributed by atoms with Crippen LogP contribution >= 0.6 is 0 Å². The lowest BCUT2D eigenvalue weighted by Crippen LogP contribution is -2.25. The van der Waals surface area contributed by atoms with Crippen LogP contribution in [0.3, 0.4) is 0 Å². The highest BCUT2D eigenvalue weighted by molar-refractivity contribution is 5.99. The summed E-state index contributed by atoms with van der Waals surface area (Å²) in [7, 11) is 0. The van der Waals surface area contributed by atoms with E-state index >= 15 is 0 Å². The van der Waals surface area contributed by atoms with Gasteiger partial charge >= 0.3 is 0 Å². The van der Waals surface area contributed by atoms with Crippen LogP contribution < -0.4 is 19.6 Å². The summed E-state index contributed by atoms with van der Waals surface area (Å²) < 4.78 is 16.1. The third-order valence-electron chi connectivity index (χ3n) is 4.23. The Morgan fingerprint density at radius 3 is 2.52 bits per heavy atom. The Morgan fingerprint density at radius 2 is 1.81 bits per heavy atom. The third kappa shape index (κ3) is 4.78. The third-order valence-corrected chi connectivity index (χ3v) is 4.23. The molecule has 142 valence electrons. The van der Waals surface area contributed by atoms with Crippen LogP contribution in [0.5, 0.6) is 17.2 Å². The molecule has 0 spiro atoms. The zero-order valence-electron chi connectivity index (χ0n) is 16.0. The number of amides is 1. The summed E-state index contributed by atoms with van der Waals surface area (Å²) in [4.78, 5) is 12.0. The van der Waals surface area contributed by atoms with E-state index in [1.165, 1.54) is 5.56 Å². The second kappa shape index (κ2) is 7.70. The molecule has 0 saturated carbocycles. The minimum absolute atomic E-state index is 0.0802. The predicted molar refractivity (Wildman–Crippen MR) is 104 cm³/mol. The van der Waals surface area contributed by atoms with Gasteiger partial charge in [-0.15, -0.1) is 0 Å². The number of carbonyl (C=O) groups is 1. The van der Waals surface area contributed by atoms with Gasteiger partial charge in [-0.25, -0.2) is 5.43 Å². The summed E-state index contributed by atoms with van der Waals surface area (Å²) in [5, 5.41) is 4.12. The van der Waals surface area contributed by atoms with Crippen molar-refractivity contribution in [3.8, 4) is 17.2 Å². The van der Waals surface area contributed by atoms with Crippen molar-refractivity contribution in [2.24, 2.45) is 5.10 Å². The number of nitrogens with one attached hydrogen (secondary N) is 1. The van der Waals surface area contributed by atoms with Gasteiger partial charge in [-0.1, -0.05) is 32.9 Å². The second-order valence-electron chi connectivity index (χ2n) is 7.36. The van der Waals surface area contributed by atoms with E-state index in [0.717, 1.165) is 5.56 Å². The molecule has 27 heavy (non-hydrogen) atoms. The van der Waals surface area contributed by atoms with E-state index in [0.29, 0.717) is 23.0 Å². The predicted octanol–water partition coefficient (Wildman–Crippen LogP) is 3.63. The fraction of sp³-hybridized carbons (Fsp3) is 0.333. The van der Waals surface area contributed by atoms with Gasteiger partial charge in [0.1, 0.15) is 5.75 Å². The van der Waals surface area contributed by atoms with Crippen molar-refractivity contribution >= 4 is 11.6 Å². The molecule has 6 nitrogen and oxygen atoms in total. The Balaban J connectivity index is 1.52. The quantitative estimate of drug-likeness (QED) is 0.646. The molecule has 2 aromatic rings. The monoisotopic (exact) mass is 368 g/mol. The second-order valence-corrected chi connectivity index (χ2v) is 7.36. The summed E-state index contributed by atoms with van der Waals surface area (Å²) in [5.74, 6) is 1.71. The fourth-order valence-corrected chi connectivity index (χ4v) is 2.56. The highest BCUT2D eigenvalue weighted by atomic mass is 16.7. The molecular weight excluding hydrogens is 344 g/mol. The highest BCUT2D eigenvalue weighted by Gasteiger charge is 2.15. The van der Waals surface area contributed by atoms with E-state index in [9.17, 15) is 4.79 Å². The summed E-state index contributed by atoms with van der Waals surface area (Å²) in [6, 6.07) is 13.3. The van der Waals surface area contributed by atoms with Crippen molar-refractivity contribution in [1.29, 1.82) is 0 Å². The van der Waals surface area contributed by atoms with Gasteiger partial charge in [0.15, 0.2) is 18.1 Å². The van der Waals surface area contributed by atoms with E-state index in [-0.39, 0.29) is 24.7 Å². The number of carbonyl (C=O) groups excluding carboxylic acids is 1. The minimum Gasteiger partial charge on any atom is -0.484 e. The van der Waals surface area contributed by atoms with Crippen LogP contribution in [0.25, 0.3) is 0 Å². The van der Waals surface area contributed by atoms with Gasteiger partial charge in [-0.05, 0) is 48.2 Å². The van der Waals surface area contributed by atoms with Crippen molar-refractivity contribution in [2.75, 3.05) is 13.4 Å². The Hall–Kier alpha value is -3.02. The number of ether oxygens (including phenoxy) is 3. The molecule has 0 radical (unpaired) electrons.